The Bertz CT molecular complexity index is 1160. The summed E-state index contributed by atoms with van der Waals surface area (Å²) in [6.45, 7) is 2.20. The number of benzene rings is 2. The molecule has 1 amide bonds. The fourth-order valence-corrected chi connectivity index (χ4v) is 3.86. The van der Waals surface area contributed by atoms with E-state index < -0.39 is 17.8 Å². The highest BCUT2D eigenvalue weighted by Gasteiger charge is 2.16. The average molecular weight is 428 g/mol. The van der Waals surface area contributed by atoms with Crippen LogP contribution >= 0.6 is 11.3 Å². The second-order valence-electron chi connectivity index (χ2n) is 6.07. The van der Waals surface area contributed by atoms with Crippen molar-refractivity contribution in [2.24, 2.45) is 4.99 Å². The molecule has 0 aliphatic heterocycles. The number of amides is 1. The molecule has 1 heterocycles. The zero-order chi connectivity index (χ0) is 21.7. The van der Waals surface area contributed by atoms with Crippen molar-refractivity contribution in [1.29, 1.82) is 0 Å². The molecule has 0 aliphatic carbocycles. The highest BCUT2D eigenvalue weighted by atomic mass is 32.1. The molecule has 0 aliphatic rings. The monoisotopic (exact) mass is 428 g/mol. The maximum atomic E-state index is 12.7. The summed E-state index contributed by atoms with van der Waals surface area (Å²) in [6, 6.07) is 11.5. The van der Waals surface area contributed by atoms with Gasteiger partial charge in [-0.05, 0) is 43.3 Å². The molecule has 156 valence electrons. The predicted molar refractivity (Wildman–Crippen MR) is 111 cm³/mol. The van der Waals surface area contributed by atoms with E-state index in [4.69, 9.17) is 9.47 Å². The quantitative estimate of drug-likeness (QED) is 0.560. The van der Waals surface area contributed by atoms with Gasteiger partial charge in [0.15, 0.2) is 4.80 Å². The van der Waals surface area contributed by atoms with Crippen LogP contribution in [0.25, 0.3) is 10.2 Å². The number of aromatic nitrogens is 1. The number of carbonyl (C=O) groups excluding carboxylic acids is 3. The molecule has 0 fully saturated rings. The van der Waals surface area contributed by atoms with E-state index in [-0.39, 0.29) is 6.54 Å². The van der Waals surface area contributed by atoms with Crippen molar-refractivity contribution in [2.75, 3.05) is 20.8 Å². The molecule has 0 unspecified atom stereocenters. The molecule has 0 radical (unpaired) electrons. The Morgan fingerprint density at radius 3 is 2.33 bits per heavy atom. The van der Waals surface area contributed by atoms with Gasteiger partial charge in [-0.2, -0.15) is 4.99 Å². The summed E-state index contributed by atoms with van der Waals surface area (Å²) in [4.78, 5) is 40.8. The van der Waals surface area contributed by atoms with Gasteiger partial charge in [0.05, 0.1) is 31.1 Å². The van der Waals surface area contributed by atoms with Gasteiger partial charge in [0.1, 0.15) is 17.8 Å². The Morgan fingerprint density at radius 2 is 1.70 bits per heavy atom. The van der Waals surface area contributed by atoms with Gasteiger partial charge in [-0.3, -0.25) is 9.59 Å². The van der Waals surface area contributed by atoms with Crippen LogP contribution in [0.15, 0.2) is 47.5 Å². The average Bonchev–Trinajstić information content (AvgIpc) is 3.11. The van der Waals surface area contributed by atoms with E-state index in [1.807, 2.05) is 19.1 Å². The summed E-state index contributed by atoms with van der Waals surface area (Å²) in [5.74, 6) is -0.881. The van der Waals surface area contributed by atoms with Gasteiger partial charge in [0.2, 0.25) is 0 Å². The smallest absolute Gasteiger partial charge is 0.337 e. The van der Waals surface area contributed by atoms with Crippen molar-refractivity contribution in [3.63, 3.8) is 0 Å². The third-order valence-electron chi connectivity index (χ3n) is 4.23. The second-order valence-corrected chi connectivity index (χ2v) is 7.08. The summed E-state index contributed by atoms with van der Waals surface area (Å²) in [5, 5.41) is 0. The first-order valence-electron chi connectivity index (χ1n) is 9.07. The van der Waals surface area contributed by atoms with Crippen LogP contribution in [0.1, 0.15) is 27.6 Å². The topological polar surface area (TPSA) is 96.2 Å². The van der Waals surface area contributed by atoms with Crippen molar-refractivity contribution in [3.8, 4) is 5.75 Å². The van der Waals surface area contributed by atoms with Crippen LogP contribution in [-0.4, -0.2) is 43.2 Å². The molecule has 3 rings (SSSR count). The number of ether oxygens (including phenoxy) is 3. The molecular formula is C21H20N2O6S. The lowest BCUT2D eigenvalue weighted by molar-refractivity contribution is -0.141. The molecule has 8 nitrogen and oxygen atoms in total. The largest absolute Gasteiger partial charge is 0.492 e. The van der Waals surface area contributed by atoms with Crippen LogP contribution in [0.2, 0.25) is 0 Å². The number of esters is 2. The van der Waals surface area contributed by atoms with Crippen molar-refractivity contribution in [1.82, 2.24) is 4.57 Å². The standard InChI is InChI=1S/C21H20N2O6S/c1-4-29-15-6-5-7-16-18(15)23(12-17(24)27-2)21(30-16)22-19(25)13-8-10-14(11-9-13)20(26)28-3/h5-11H,4,12H2,1-3H3. The van der Waals surface area contributed by atoms with Gasteiger partial charge in [0.25, 0.3) is 5.91 Å². The number of hydrogen-bond acceptors (Lipinski definition) is 7. The summed E-state index contributed by atoms with van der Waals surface area (Å²) < 4.78 is 17.6. The molecule has 0 saturated carbocycles. The normalized spacial score (nSPS) is 11.4. The van der Waals surface area contributed by atoms with Gasteiger partial charge in [-0.25, -0.2) is 4.79 Å². The number of rotatable bonds is 6. The van der Waals surface area contributed by atoms with E-state index in [0.29, 0.717) is 33.8 Å². The maximum Gasteiger partial charge on any atom is 0.337 e. The fraction of sp³-hybridized carbons (Fsp3) is 0.238. The Labute approximate surface area is 176 Å². The molecule has 0 saturated heterocycles. The van der Waals surface area contributed by atoms with Crippen molar-refractivity contribution in [3.05, 3.63) is 58.4 Å². The molecule has 0 spiro atoms. The van der Waals surface area contributed by atoms with Crippen LogP contribution < -0.4 is 9.54 Å². The van der Waals surface area contributed by atoms with Gasteiger partial charge < -0.3 is 18.8 Å². The van der Waals surface area contributed by atoms with Crippen LogP contribution in [0.4, 0.5) is 0 Å². The molecule has 30 heavy (non-hydrogen) atoms. The van der Waals surface area contributed by atoms with E-state index in [1.165, 1.54) is 49.8 Å². The zero-order valence-electron chi connectivity index (χ0n) is 16.7. The van der Waals surface area contributed by atoms with Gasteiger partial charge in [0, 0.05) is 5.56 Å². The van der Waals surface area contributed by atoms with Crippen LogP contribution in [0.5, 0.6) is 5.75 Å². The predicted octanol–water partition coefficient (Wildman–Crippen LogP) is 2.80. The summed E-state index contributed by atoms with van der Waals surface area (Å²) >= 11 is 1.26. The van der Waals surface area contributed by atoms with E-state index in [2.05, 4.69) is 9.73 Å². The zero-order valence-corrected chi connectivity index (χ0v) is 17.5. The Balaban J connectivity index is 2.09. The Kier molecular flexibility index (Phi) is 6.63. The highest BCUT2D eigenvalue weighted by Crippen LogP contribution is 2.27. The van der Waals surface area contributed by atoms with Crippen molar-refractivity contribution < 1.29 is 28.6 Å². The number of methoxy groups -OCH3 is 2. The lowest BCUT2D eigenvalue weighted by Gasteiger charge is -2.08. The van der Waals surface area contributed by atoms with Crippen LogP contribution in [0.3, 0.4) is 0 Å². The van der Waals surface area contributed by atoms with E-state index >= 15 is 0 Å². The third kappa shape index (κ3) is 4.41. The minimum atomic E-state index is -0.505. The van der Waals surface area contributed by atoms with Crippen LogP contribution in [-0.2, 0) is 20.8 Å². The van der Waals surface area contributed by atoms with E-state index in [1.54, 1.807) is 10.6 Å². The number of nitrogens with zero attached hydrogens (tertiary/aromatic N) is 2. The molecule has 2 aromatic carbocycles. The molecule has 9 heteroatoms. The third-order valence-corrected chi connectivity index (χ3v) is 5.27. The first-order valence-corrected chi connectivity index (χ1v) is 9.89. The Morgan fingerprint density at radius 1 is 1.00 bits per heavy atom. The minimum absolute atomic E-state index is 0.117. The number of thiazole rings is 1. The summed E-state index contributed by atoms with van der Waals surface area (Å²) in [5.41, 5.74) is 1.30. The molecule has 0 bridgehead atoms. The van der Waals surface area contributed by atoms with Gasteiger partial charge in [-0.15, -0.1) is 0 Å². The Hall–Kier alpha value is -3.46. The molecular weight excluding hydrogens is 408 g/mol. The first kappa shape index (κ1) is 21.3. The molecule has 3 aromatic rings. The SMILES string of the molecule is CCOc1cccc2sc(=NC(=O)c3ccc(C(=O)OC)cc3)n(CC(=O)OC)c12. The van der Waals surface area contributed by atoms with Crippen molar-refractivity contribution in [2.45, 2.75) is 13.5 Å². The van der Waals surface area contributed by atoms with Gasteiger partial charge in [-0.1, -0.05) is 17.4 Å². The fourth-order valence-electron chi connectivity index (χ4n) is 2.81. The summed E-state index contributed by atoms with van der Waals surface area (Å²) in [7, 11) is 2.58. The minimum Gasteiger partial charge on any atom is -0.492 e. The van der Waals surface area contributed by atoms with Gasteiger partial charge >= 0.3 is 11.9 Å². The molecule has 0 N–H and O–H groups in total. The van der Waals surface area contributed by atoms with Crippen molar-refractivity contribution >= 4 is 39.4 Å². The lowest BCUT2D eigenvalue weighted by atomic mass is 10.1. The maximum absolute atomic E-state index is 12.7. The number of fused-ring (bicyclic) bond motifs is 1. The highest BCUT2D eigenvalue weighted by molar-refractivity contribution is 7.16. The van der Waals surface area contributed by atoms with Crippen LogP contribution in [0, 0.1) is 0 Å². The molecule has 0 atom stereocenters. The number of para-hydroxylation sites is 1. The first-order chi connectivity index (χ1) is 14.5. The second kappa shape index (κ2) is 9.36. The number of hydrogen-bond donors (Lipinski definition) is 0. The van der Waals surface area contributed by atoms with E-state index in [0.717, 1.165) is 4.70 Å². The molecule has 1 aromatic heterocycles. The lowest BCUT2D eigenvalue weighted by Crippen LogP contribution is -2.22. The van der Waals surface area contributed by atoms with E-state index in [9.17, 15) is 14.4 Å². The number of carbonyl (C=O) groups is 3. The summed E-state index contributed by atoms with van der Waals surface area (Å²) in [6.07, 6.45) is 0.